The number of allylic oxidation sites excluding steroid dienone is 1. The quantitative estimate of drug-likeness (QED) is 0.330. The lowest BCUT2D eigenvalue weighted by atomic mass is 9.96. The van der Waals surface area contributed by atoms with Crippen molar-refractivity contribution in [1.82, 2.24) is 24.8 Å². The smallest absolute Gasteiger partial charge is 0.411 e. The number of rotatable bonds is 7. The van der Waals surface area contributed by atoms with Gasteiger partial charge in [-0.3, -0.25) is 24.0 Å². The van der Waals surface area contributed by atoms with Gasteiger partial charge in [-0.25, -0.2) is 13.2 Å². The van der Waals surface area contributed by atoms with Gasteiger partial charge in [-0.1, -0.05) is 30.4 Å². The molecule has 1 saturated heterocycles. The topological polar surface area (TPSA) is 194 Å². The molecule has 15 nitrogen and oxygen atoms in total. The van der Waals surface area contributed by atoms with Crippen LogP contribution in [0.3, 0.4) is 0 Å². The number of carboxylic acid groups (broad SMARTS) is 1. The van der Waals surface area contributed by atoms with E-state index in [9.17, 15) is 45.9 Å². The third-order valence-corrected chi connectivity index (χ3v) is 14.7. The van der Waals surface area contributed by atoms with E-state index < -0.39 is 98.7 Å². The Morgan fingerprint density at radius 2 is 1.83 bits per heavy atom. The molecule has 7 atom stereocenters. The van der Waals surface area contributed by atoms with Crippen molar-refractivity contribution in [2.75, 3.05) is 13.2 Å². The van der Waals surface area contributed by atoms with Gasteiger partial charge in [-0.15, -0.1) is 0 Å². The second-order valence-electron chi connectivity index (χ2n) is 17.1. The molecule has 3 aliphatic heterocycles. The van der Waals surface area contributed by atoms with E-state index >= 15 is 0 Å². The second kappa shape index (κ2) is 15.1. The van der Waals surface area contributed by atoms with Crippen LogP contribution in [-0.2, 0) is 35.6 Å². The summed E-state index contributed by atoms with van der Waals surface area (Å²) in [6, 6.07) is 3.66. The van der Waals surface area contributed by atoms with Gasteiger partial charge in [0.15, 0.2) is 0 Å². The average Bonchev–Trinajstić information content (AvgIpc) is 4.04. The van der Waals surface area contributed by atoms with E-state index in [1.54, 1.807) is 31.2 Å². The molecule has 1 aromatic heterocycles. The zero-order chi connectivity index (χ0) is 42.9. The van der Waals surface area contributed by atoms with E-state index in [4.69, 9.17) is 14.2 Å². The summed E-state index contributed by atoms with van der Waals surface area (Å²) in [4.78, 5) is 62.1. The normalized spacial score (nSPS) is 30.3. The summed E-state index contributed by atoms with van der Waals surface area (Å²) in [7, 11) is -4.14. The molecule has 3 fully saturated rings. The first kappa shape index (κ1) is 42.5. The van der Waals surface area contributed by atoms with E-state index in [2.05, 4.69) is 15.0 Å². The zero-order valence-corrected chi connectivity index (χ0v) is 34.3. The van der Waals surface area contributed by atoms with Gasteiger partial charge in [0.05, 0.1) is 30.1 Å². The second-order valence-corrected chi connectivity index (χ2v) is 19.3. The number of hydrogen-bond donors (Lipinski definition) is 3. The number of halogens is 3. The summed E-state index contributed by atoms with van der Waals surface area (Å²) in [6.45, 7) is 5.76. The van der Waals surface area contributed by atoms with Crippen LogP contribution in [0, 0.1) is 5.92 Å². The molecule has 2 saturated carbocycles. The summed E-state index contributed by atoms with van der Waals surface area (Å²) >= 11 is 0. The fraction of sp³-hybridized carbons (Fsp3) is 0.625. The Bertz CT molecular complexity index is 2180. The SMILES string of the molecule is C[C@@H]1CC/C=C\[C@@H]2C[C@@]2(C(=O)NS(=O)(=O)C2(C)CC2)NC(=O)[C@@H]2C[C@@H](Oc3nc4c(c5ccccc35)CCCO4)CN2C(=O)[C@@H](N(C(=O)O)C(C)(C)C(F)(F)F)[C@H](C)O1. The van der Waals surface area contributed by atoms with Gasteiger partial charge >= 0.3 is 12.3 Å². The minimum atomic E-state index is -5.15. The molecule has 4 amide bonds. The maximum Gasteiger partial charge on any atom is 0.411 e. The molecule has 322 valence electrons. The highest BCUT2D eigenvalue weighted by atomic mass is 32.2. The van der Waals surface area contributed by atoms with E-state index in [0.29, 0.717) is 57.4 Å². The average molecular weight is 850 g/mol. The summed E-state index contributed by atoms with van der Waals surface area (Å²) in [5, 5.41) is 14.6. The first-order valence-corrected chi connectivity index (χ1v) is 21.4. The lowest BCUT2D eigenvalue weighted by Gasteiger charge is -2.45. The van der Waals surface area contributed by atoms with Gasteiger partial charge < -0.3 is 29.5 Å². The lowest BCUT2D eigenvalue weighted by Crippen LogP contribution is -2.67. The van der Waals surface area contributed by atoms with Crippen molar-refractivity contribution in [2.24, 2.45) is 5.92 Å². The van der Waals surface area contributed by atoms with Crippen molar-refractivity contribution in [3.63, 3.8) is 0 Å². The third-order valence-electron chi connectivity index (χ3n) is 12.5. The largest absolute Gasteiger partial charge is 0.477 e. The molecule has 2 aliphatic carbocycles. The number of pyridine rings is 1. The van der Waals surface area contributed by atoms with Gasteiger partial charge in [-0.2, -0.15) is 18.2 Å². The van der Waals surface area contributed by atoms with E-state index in [1.165, 1.54) is 13.8 Å². The Labute approximate surface area is 340 Å². The number of carbonyl (C=O) groups is 4. The molecule has 0 bridgehead atoms. The molecule has 3 N–H and O–H groups in total. The predicted octanol–water partition coefficient (Wildman–Crippen LogP) is 4.61. The van der Waals surface area contributed by atoms with Crippen LogP contribution in [0.1, 0.15) is 85.1 Å². The molecule has 0 unspecified atom stereocenters. The first-order chi connectivity index (χ1) is 27.6. The van der Waals surface area contributed by atoms with Gasteiger partial charge in [0.1, 0.15) is 29.3 Å². The number of fused-ring (bicyclic) bond motifs is 5. The zero-order valence-electron chi connectivity index (χ0n) is 33.5. The Hall–Kier alpha value is -4.65. The van der Waals surface area contributed by atoms with Gasteiger partial charge in [0, 0.05) is 23.3 Å². The highest BCUT2D eigenvalue weighted by Gasteiger charge is 2.64. The number of benzene rings is 1. The highest BCUT2D eigenvalue weighted by Crippen LogP contribution is 2.48. The predicted molar refractivity (Wildman–Crippen MR) is 206 cm³/mol. The summed E-state index contributed by atoms with van der Waals surface area (Å²) in [6.07, 6.45) is -4.36. The number of nitrogens with zero attached hydrogens (tertiary/aromatic N) is 3. The molecule has 0 radical (unpaired) electrons. The number of ether oxygens (including phenoxy) is 3. The maximum absolute atomic E-state index is 15.0. The van der Waals surface area contributed by atoms with Gasteiger partial charge in [0.25, 0.3) is 5.91 Å². The molecule has 19 heteroatoms. The fourth-order valence-corrected chi connectivity index (χ4v) is 9.68. The van der Waals surface area contributed by atoms with Crippen molar-refractivity contribution in [2.45, 2.75) is 138 Å². The van der Waals surface area contributed by atoms with E-state index in [0.717, 1.165) is 22.3 Å². The summed E-state index contributed by atoms with van der Waals surface area (Å²) in [5.74, 6) is -3.20. The maximum atomic E-state index is 15.0. The van der Waals surface area contributed by atoms with Crippen LogP contribution in [0.25, 0.3) is 10.8 Å². The number of aryl methyl sites for hydroxylation is 1. The fourth-order valence-electron chi connectivity index (χ4n) is 8.37. The van der Waals surface area contributed by atoms with Crippen molar-refractivity contribution >= 4 is 44.6 Å². The number of amides is 4. The van der Waals surface area contributed by atoms with Crippen molar-refractivity contribution in [1.29, 1.82) is 0 Å². The summed E-state index contributed by atoms with van der Waals surface area (Å²) < 4.78 is 90.0. The molecule has 1 aromatic carbocycles. The molecule has 0 spiro atoms. The minimum absolute atomic E-state index is 0.0250. The number of hydrogen-bond acceptors (Lipinski definition) is 10. The minimum Gasteiger partial charge on any atom is -0.477 e. The third kappa shape index (κ3) is 7.79. The van der Waals surface area contributed by atoms with Gasteiger partial charge in [-0.05, 0) is 91.0 Å². The molecule has 59 heavy (non-hydrogen) atoms. The van der Waals surface area contributed by atoms with Crippen LogP contribution in [-0.4, -0.2) is 118 Å². The van der Waals surface area contributed by atoms with Crippen LogP contribution in [0.2, 0.25) is 0 Å². The van der Waals surface area contributed by atoms with Crippen LogP contribution in [0.5, 0.6) is 11.8 Å². The van der Waals surface area contributed by atoms with Crippen molar-refractivity contribution in [3.05, 3.63) is 42.0 Å². The Kier molecular flexibility index (Phi) is 10.9. The number of aromatic nitrogens is 1. The monoisotopic (exact) mass is 849 g/mol. The molecule has 4 heterocycles. The van der Waals surface area contributed by atoms with Crippen LogP contribution < -0.4 is 19.5 Å². The Morgan fingerprint density at radius 3 is 2.49 bits per heavy atom. The molecule has 7 rings (SSSR count). The van der Waals surface area contributed by atoms with E-state index in [1.807, 2.05) is 12.1 Å². The standard InChI is InChI=1S/C40H50F3N5O10S/c1-22-11-6-7-12-24-20-39(24,35(51)46-59(54,55)38(5)16-17-38)45-31(49)29-19-25(58-33-28-14-9-8-13-26(28)27-15-10-18-56-32(27)44-33)21-47(29)34(50)30(23(2)57-22)48(36(52)53)37(3,4)40(41,42)43/h7-9,12-14,22-25,29-30H,6,10-11,15-21H2,1-5H3,(H,45,49)(H,46,51)(H,52,53)/b12-7-/t22-,23+,24-,25-,29+,30+,39-/m1/s1. The summed E-state index contributed by atoms with van der Waals surface area (Å²) in [5.41, 5.74) is -3.97. The molecular formula is C40H50F3N5O10S. The number of nitrogens with one attached hydrogen (secondary N) is 2. The van der Waals surface area contributed by atoms with Crippen LogP contribution in [0.4, 0.5) is 18.0 Å². The van der Waals surface area contributed by atoms with Crippen molar-refractivity contribution in [3.8, 4) is 11.8 Å². The first-order valence-electron chi connectivity index (χ1n) is 19.9. The molecular weight excluding hydrogens is 800 g/mol. The van der Waals surface area contributed by atoms with Crippen LogP contribution >= 0.6 is 0 Å². The van der Waals surface area contributed by atoms with Crippen molar-refractivity contribution < 1.29 is 60.1 Å². The Balaban J connectivity index is 1.30. The number of sulfonamides is 1. The highest BCUT2D eigenvalue weighted by molar-refractivity contribution is 7.91. The van der Waals surface area contributed by atoms with E-state index in [-0.39, 0.29) is 30.0 Å². The molecule has 5 aliphatic rings. The van der Waals surface area contributed by atoms with Gasteiger partial charge in [0.2, 0.25) is 33.6 Å². The number of carbonyl (C=O) groups excluding carboxylic acids is 3. The molecule has 2 aromatic rings. The Morgan fingerprint density at radius 1 is 1.14 bits per heavy atom. The van der Waals surface area contributed by atoms with Crippen LogP contribution in [0.15, 0.2) is 36.4 Å². The lowest BCUT2D eigenvalue weighted by molar-refractivity contribution is -0.225. The number of alkyl halides is 3.